The molecule has 28 heavy (non-hydrogen) atoms. The Balaban J connectivity index is 2.10. The first-order valence-electron chi connectivity index (χ1n) is 8.18. The predicted octanol–water partition coefficient (Wildman–Crippen LogP) is 2.92. The molecular weight excluding hydrogens is 399 g/mol. The average molecular weight is 414 g/mol. The van der Waals surface area contributed by atoms with Gasteiger partial charge in [0.1, 0.15) is 0 Å². The number of rotatable bonds is 3. The zero-order valence-electron chi connectivity index (χ0n) is 14.9. The first kappa shape index (κ1) is 20.0. The van der Waals surface area contributed by atoms with Gasteiger partial charge >= 0.3 is 6.18 Å². The molecule has 0 radical (unpaired) electrons. The van der Waals surface area contributed by atoms with Crippen molar-refractivity contribution in [2.45, 2.75) is 31.9 Å². The summed E-state index contributed by atoms with van der Waals surface area (Å²) in [5.41, 5.74) is -1.46. The highest BCUT2D eigenvalue weighted by Gasteiger charge is 2.71. The summed E-state index contributed by atoms with van der Waals surface area (Å²) in [5, 5.41) is -0.398. The van der Waals surface area contributed by atoms with Crippen molar-refractivity contribution < 1.29 is 22.8 Å². The van der Waals surface area contributed by atoms with Crippen LogP contribution in [0.2, 0.25) is 0 Å². The van der Waals surface area contributed by atoms with Crippen LogP contribution in [0.15, 0.2) is 39.2 Å². The van der Waals surface area contributed by atoms with Gasteiger partial charge in [0.05, 0.1) is 11.1 Å². The Bertz CT molecular complexity index is 895. The van der Waals surface area contributed by atoms with Crippen molar-refractivity contribution in [3.8, 4) is 0 Å². The summed E-state index contributed by atoms with van der Waals surface area (Å²) >= 11 is 5.77. The number of aliphatic imine (C=N–C) groups is 3. The molecule has 1 aromatic carbocycles. The molecule has 2 aliphatic heterocycles. The van der Waals surface area contributed by atoms with Crippen LogP contribution < -0.4 is 0 Å². The summed E-state index contributed by atoms with van der Waals surface area (Å²) in [5.74, 6) is -2.68. The Morgan fingerprint density at radius 3 is 2.21 bits per heavy atom. The van der Waals surface area contributed by atoms with Crippen LogP contribution in [0.4, 0.5) is 13.2 Å². The highest BCUT2D eigenvalue weighted by Crippen LogP contribution is 2.49. The van der Waals surface area contributed by atoms with Crippen LogP contribution in [-0.4, -0.2) is 64.0 Å². The molecule has 0 saturated carbocycles. The lowest BCUT2D eigenvalue weighted by molar-refractivity contribution is -0.0666. The standard InChI is InChI=1S/C17H15ClF3N5O2/c1-4-23-13(17(19,20)21)26-14(16(26,2)24-15(18)22-3)25-11(27)9-7-5-6-8-10(9)12(25)28/h5-8,14H,3-4H2,1-2H3/t14?,16-,26?/m1/s1. The third-order valence-electron chi connectivity index (χ3n) is 4.46. The van der Waals surface area contributed by atoms with E-state index in [0.29, 0.717) is 0 Å². The summed E-state index contributed by atoms with van der Waals surface area (Å²) in [4.78, 5) is 37.8. The van der Waals surface area contributed by atoms with Crippen LogP contribution in [0.25, 0.3) is 0 Å². The molecule has 7 nitrogen and oxygen atoms in total. The number of hydrogen-bond acceptors (Lipinski definition) is 4. The SMILES string of the molecule is C=NC(Cl)=N[C@@]1(C)C(N2C(=O)c3ccccc3C2=O)N1C(=NCC)C(F)(F)F. The minimum atomic E-state index is -4.83. The van der Waals surface area contributed by atoms with Gasteiger partial charge in [-0.15, -0.1) is 0 Å². The lowest BCUT2D eigenvalue weighted by atomic mass is 10.1. The Labute approximate surface area is 163 Å². The van der Waals surface area contributed by atoms with Crippen LogP contribution in [-0.2, 0) is 0 Å². The van der Waals surface area contributed by atoms with Crippen molar-refractivity contribution in [2.75, 3.05) is 6.54 Å². The molecule has 2 heterocycles. The molecule has 1 unspecified atom stereocenters. The summed E-state index contributed by atoms with van der Waals surface area (Å²) in [6, 6.07) is 6.00. The Kier molecular flexibility index (Phi) is 4.78. The second-order valence-electron chi connectivity index (χ2n) is 6.20. The van der Waals surface area contributed by atoms with Gasteiger partial charge in [0, 0.05) is 6.54 Å². The maximum Gasteiger partial charge on any atom is 0.449 e. The molecule has 0 aliphatic carbocycles. The maximum absolute atomic E-state index is 13.6. The molecule has 1 fully saturated rings. The van der Waals surface area contributed by atoms with Crippen LogP contribution in [0.1, 0.15) is 34.6 Å². The van der Waals surface area contributed by atoms with Gasteiger partial charge in [-0.25, -0.2) is 14.9 Å². The van der Waals surface area contributed by atoms with E-state index in [2.05, 4.69) is 21.7 Å². The van der Waals surface area contributed by atoms with E-state index in [-0.39, 0.29) is 17.7 Å². The van der Waals surface area contributed by atoms with Crippen LogP contribution in [0.3, 0.4) is 0 Å². The van der Waals surface area contributed by atoms with Crippen molar-refractivity contribution in [1.29, 1.82) is 0 Å². The minimum absolute atomic E-state index is 0.111. The Morgan fingerprint density at radius 2 is 1.79 bits per heavy atom. The number of carbonyl (C=O) groups excluding carboxylic acids is 2. The van der Waals surface area contributed by atoms with Crippen molar-refractivity contribution in [1.82, 2.24) is 9.80 Å². The number of nitrogens with zero attached hydrogens (tertiary/aromatic N) is 5. The summed E-state index contributed by atoms with van der Waals surface area (Å²) in [6.45, 7) is 5.77. The normalized spacial score (nSPS) is 25.3. The van der Waals surface area contributed by atoms with Gasteiger partial charge in [-0.05, 0) is 44.3 Å². The second-order valence-corrected chi connectivity index (χ2v) is 6.54. The third-order valence-corrected chi connectivity index (χ3v) is 4.67. The molecule has 2 aliphatic rings. The average Bonchev–Trinajstić information content (AvgIpc) is 3.11. The third kappa shape index (κ3) is 2.97. The summed E-state index contributed by atoms with van der Waals surface area (Å²) < 4.78 is 40.8. The summed E-state index contributed by atoms with van der Waals surface area (Å²) in [7, 11) is 0. The predicted molar refractivity (Wildman–Crippen MR) is 97.8 cm³/mol. The molecule has 0 spiro atoms. The number of alkyl halides is 3. The molecule has 1 saturated heterocycles. The van der Waals surface area contributed by atoms with Gasteiger partial charge in [-0.2, -0.15) is 13.2 Å². The molecule has 2 atom stereocenters. The highest BCUT2D eigenvalue weighted by atomic mass is 35.5. The fourth-order valence-electron chi connectivity index (χ4n) is 3.27. The van der Waals surface area contributed by atoms with Gasteiger partial charge in [0.25, 0.3) is 11.8 Å². The van der Waals surface area contributed by atoms with Crippen molar-refractivity contribution in [3.05, 3.63) is 35.4 Å². The van der Waals surface area contributed by atoms with E-state index >= 15 is 0 Å². The van der Waals surface area contributed by atoms with Crippen LogP contribution in [0.5, 0.6) is 0 Å². The van der Waals surface area contributed by atoms with Crippen LogP contribution in [0, 0.1) is 0 Å². The number of imide groups is 1. The van der Waals surface area contributed by atoms with Gasteiger partial charge < -0.3 is 0 Å². The van der Waals surface area contributed by atoms with Crippen molar-refractivity contribution in [3.63, 3.8) is 0 Å². The van der Waals surface area contributed by atoms with E-state index in [9.17, 15) is 22.8 Å². The van der Waals surface area contributed by atoms with E-state index in [1.165, 1.54) is 26.0 Å². The highest BCUT2D eigenvalue weighted by molar-refractivity contribution is 6.65. The molecule has 1 aromatic rings. The number of hydrogen-bond donors (Lipinski definition) is 0. The Hall–Kier alpha value is -2.75. The van der Waals surface area contributed by atoms with E-state index in [4.69, 9.17) is 11.6 Å². The van der Waals surface area contributed by atoms with Gasteiger partial charge in [0.15, 0.2) is 11.8 Å². The number of halogens is 4. The molecule has 2 amide bonds. The molecule has 148 valence electrons. The van der Waals surface area contributed by atoms with Gasteiger partial charge in [-0.3, -0.25) is 19.5 Å². The summed E-state index contributed by atoms with van der Waals surface area (Å²) in [6.07, 6.45) is -6.18. The van der Waals surface area contributed by atoms with E-state index in [1.54, 1.807) is 12.1 Å². The first-order valence-corrected chi connectivity index (χ1v) is 8.55. The number of amidine groups is 2. The lowest BCUT2D eigenvalue weighted by Crippen LogP contribution is -2.39. The number of carbonyl (C=O) groups is 2. The minimum Gasteiger partial charge on any atom is -0.299 e. The quantitative estimate of drug-likeness (QED) is 0.251. The molecule has 11 heteroatoms. The second kappa shape index (κ2) is 6.69. The topological polar surface area (TPSA) is 77.5 Å². The first-order chi connectivity index (χ1) is 13.1. The molecule has 0 aromatic heterocycles. The van der Waals surface area contributed by atoms with E-state index in [0.717, 1.165) is 9.80 Å². The van der Waals surface area contributed by atoms with Gasteiger partial charge in [-0.1, -0.05) is 12.1 Å². The van der Waals surface area contributed by atoms with E-state index in [1.807, 2.05) is 0 Å². The van der Waals surface area contributed by atoms with Crippen LogP contribution >= 0.6 is 11.6 Å². The monoisotopic (exact) mass is 413 g/mol. The maximum atomic E-state index is 13.6. The molecule has 0 N–H and O–H groups in total. The molecule has 3 rings (SSSR count). The fraction of sp³-hybridized carbons (Fsp3) is 0.353. The smallest absolute Gasteiger partial charge is 0.299 e. The fourth-order valence-corrected chi connectivity index (χ4v) is 3.44. The Morgan fingerprint density at radius 1 is 1.25 bits per heavy atom. The van der Waals surface area contributed by atoms with Crippen molar-refractivity contribution >= 4 is 41.3 Å². The largest absolute Gasteiger partial charge is 0.449 e. The number of amides is 2. The van der Waals surface area contributed by atoms with Gasteiger partial charge in [0.2, 0.25) is 11.1 Å². The van der Waals surface area contributed by atoms with E-state index < -0.39 is 40.9 Å². The number of benzene rings is 1. The molecule has 0 bridgehead atoms. The number of fused-ring (bicyclic) bond motifs is 1. The molecular formula is C17H15ClF3N5O2. The zero-order valence-corrected chi connectivity index (χ0v) is 15.6. The van der Waals surface area contributed by atoms with Crippen molar-refractivity contribution in [2.24, 2.45) is 15.0 Å². The lowest BCUT2D eigenvalue weighted by Gasteiger charge is -2.16. The zero-order chi connectivity index (χ0) is 20.9.